The summed E-state index contributed by atoms with van der Waals surface area (Å²) in [5.74, 6) is 0.535. The minimum absolute atomic E-state index is 0.0384. The lowest BCUT2D eigenvalue weighted by molar-refractivity contribution is 0.396. The molecule has 1 nitrogen and oxygen atoms in total. The monoisotopic (exact) mass is 713 g/mol. The van der Waals surface area contributed by atoms with E-state index in [9.17, 15) is 0 Å². The van der Waals surface area contributed by atoms with E-state index < -0.39 is 5.41 Å². The summed E-state index contributed by atoms with van der Waals surface area (Å²) in [6.45, 7) is 4.80. The quantitative estimate of drug-likeness (QED) is 0.173. The molecule has 4 aliphatic rings. The summed E-state index contributed by atoms with van der Waals surface area (Å²) >= 11 is 0. The van der Waals surface area contributed by atoms with E-state index in [0.29, 0.717) is 0 Å². The van der Waals surface area contributed by atoms with E-state index in [4.69, 9.17) is 4.99 Å². The molecule has 0 N–H and O–H groups in total. The lowest BCUT2D eigenvalue weighted by Gasteiger charge is -2.32. The predicted molar refractivity (Wildman–Crippen MR) is 233 cm³/mol. The molecule has 3 aliphatic carbocycles. The van der Waals surface area contributed by atoms with Crippen LogP contribution in [0.4, 0.5) is 0 Å². The number of hydrogen-bond acceptors (Lipinski definition) is 1. The molecule has 0 aromatic heterocycles. The maximum atomic E-state index is 5.74. The Morgan fingerprint density at radius 1 is 0.446 bits per heavy atom. The summed E-state index contributed by atoms with van der Waals surface area (Å²) in [5, 5.41) is 2.73. The van der Waals surface area contributed by atoms with Gasteiger partial charge in [0.1, 0.15) is 0 Å². The molecule has 0 saturated heterocycles. The molecule has 1 heteroatoms. The third kappa shape index (κ3) is 4.13. The molecule has 0 amide bonds. The first-order valence-electron chi connectivity index (χ1n) is 20.1. The minimum atomic E-state index is -0.467. The highest BCUT2D eigenvalue weighted by Crippen LogP contribution is 2.66. The van der Waals surface area contributed by atoms with Crippen LogP contribution < -0.4 is 0 Å². The van der Waals surface area contributed by atoms with Gasteiger partial charge in [0, 0.05) is 0 Å². The highest BCUT2D eigenvalue weighted by molar-refractivity contribution is 6.21. The largest absolute Gasteiger partial charge is 0.276 e. The van der Waals surface area contributed by atoms with E-state index in [0.717, 1.165) is 11.3 Å². The molecule has 56 heavy (non-hydrogen) atoms. The van der Waals surface area contributed by atoms with Gasteiger partial charge in [-0.05, 0) is 124 Å². The Bertz CT molecular complexity index is 3000. The van der Waals surface area contributed by atoms with Gasteiger partial charge in [0.2, 0.25) is 0 Å². The first kappa shape index (κ1) is 31.7. The number of fused-ring (bicyclic) bond motifs is 14. The van der Waals surface area contributed by atoms with Crippen molar-refractivity contribution in [2.45, 2.75) is 25.3 Å². The first-order chi connectivity index (χ1) is 27.6. The van der Waals surface area contributed by atoms with Crippen molar-refractivity contribution in [2.75, 3.05) is 0 Å². The van der Waals surface area contributed by atoms with Gasteiger partial charge in [-0.3, -0.25) is 4.99 Å². The maximum Gasteiger partial charge on any atom is 0.0787 e. The van der Waals surface area contributed by atoms with Gasteiger partial charge in [0.15, 0.2) is 0 Å². The van der Waals surface area contributed by atoms with Crippen molar-refractivity contribution in [3.05, 3.63) is 221 Å². The summed E-state index contributed by atoms with van der Waals surface area (Å²) in [6, 6.07) is 65.9. The number of hydrogen-bond donors (Lipinski definition) is 0. The summed E-state index contributed by atoms with van der Waals surface area (Å²) in [4.78, 5) is 5.74. The Labute approximate surface area is 328 Å². The maximum absolute atomic E-state index is 5.74. The topological polar surface area (TPSA) is 12.4 Å². The average Bonchev–Trinajstić information content (AvgIpc) is 3.83. The van der Waals surface area contributed by atoms with Crippen LogP contribution >= 0.6 is 0 Å². The van der Waals surface area contributed by atoms with Crippen LogP contribution in [0.15, 0.2) is 187 Å². The normalized spacial score (nSPS) is 20.8. The average molecular weight is 714 g/mol. The number of benzene rings is 8. The Balaban J connectivity index is 1.13. The minimum Gasteiger partial charge on any atom is -0.276 e. The molecule has 4 atom stereocenters. The smallest absolute Gasteiger partial charge is 0.0787 e. The number of allylic oxidation sites excluding steroid dienone is 2. The first-order valence-corrected chi connectivity index (χ1v) is 20.1. The SMILES string of the molecule is CC1C(c2ccccc2)=CC(c2ccccc2)=NC(c2ccc3c(c2)C2(c4ccccc4-3)c3ccccc3-c3c2cc2c4c(cccc34)-c3ccccc3-2)C1C. The fraction of sp³-hybridized carbons (Fsp3) is 0.109. The van der Waals surface area contributed by atoms with Gasteiger partial charge in [0.25, 0.3) is 0 Å². The van der Waals surface area contributed by atoms with Crippen LogP contribution in [0.3, 0.4) is 0 Å². The zero-order valence-corrected chi connectivity index (χ0v) is 31.5. The summed E-state index contributed by atoms with van der Waals surface area (Å²) < 4.78 is 0. The molecule has 0 bridgehead atoms. The molecule has 0 fully saturated rings. The van der Waals surface area contributed by atoms with Crippen LogP contribution in [0.1, 0.15) is 58.8 Å². The van der Waals surface area contributed by atoms with E-state index in [2.05, 4.69) is 196 Å². The van der Waals surface area contributed by atoms with Crippen LogP contribution in [0.2, 0.25) is 0 Å². The molecular formula is C55H39N. The summed E-state index contributed by atoms with van der Waals surface area (Å²) in [6.07, 6.45) is 2.36. The van der Waals surface area contributed by atoms with Crippen molar-refractivity contribution < 1.29 is 0 Å². The van der Waals surface area contributed by atoms with Crippen LogP contribution in [-0.4, -0.2) is 5.71 Å². The number of rotatable bonds is 3. The lowest BCUT2D eigenvalue weighted by atomic mass is 9.69. The van der Waals surface area contributed by atoms with Crippen LogP contribution in [-0.2, 0) is 5.41 Å². The molecule has 8 aromatic rings. The van der Waals surface area contributed by atoms with Crippen molar-refractivity contribution in [1.29, 1.82) is 0 Å². The van der Waals surface area contributed by atoms with Gasteiger partial charge in [0.05, 0.1) is 17.2 Å². The van der Waals surface area contributed by atoms with Gasteiger partial charge in [-0.25, -0.2) is 0 Å². The molecule has 0 saturated carbocycles. The van der Waals surface area contributed by atoms with Crippen molar-refractivity contribution in [1.82, 2.24) is 0 Å². The van der Waals surface area contributed by atoms with Crippen molar-refractivity contribution in [3.8, 4) is 44.5 Å². The van der Waals surface area contributed by atoms with Gasteiger partial charge < -0.3 is 0 Å². The van der Waals surface area contributed by atoms with Gasteiger partial charge in [-0.2, -0.15) is 0 Å². The standard InChI is InChI=1S/C55H39N/c1-33-34(2)54(56-51(36-18-7-4-8-19-36)32-45(33)35-16-5-3-6-17-35)37-28-29-41-40-22-11-13-26-47(40)55(49(41)30-37)48-27-14-12-23-43(48)53-44-25-15-24-42-38-20-9-10-21-39(38)46(52(42)44)31-50(53)55/h3-34,54H,1-2H3. The molecule has 4 unspecified atom stereocenters. The number of nitrogens with zero attached hydrogens (tertiary/aromatic N) is 1. The third-order valence-corrected chi connectivity index (χ3v) is 13.6. The zero-order valence-electron chi connectivity index (χ0n) is 31.5. The second kappa shape index (κ2) is 11.7. The lowest BCUT2D eigenvalue weighted by Crippen LogP contribution is -2.26. The van der Waals surface area contributed by atoms with Crippen molar-refractivity contribution in [3.63, 3.8) is 0 Å². The van der Waals surface area contributed by atoms with Crippen molar-refractivity contribution >= 4 is 22.1 Å². The Kier molecular flexibility index (Phi) is 6.64. The molecule has 12 rings (SSSR count). The molecule has 1 spiro atoms. The van der Waals surface area contributed by atoms with Crippen LogP contribution in [0.25, 0.3) is 60.9 Å². The molecule has 1 aliphatic heterocycles. The number of aliphatic imine (C=N–C) groups is 1. The zero-order chi connectivity index (χ0) is 37.1. The Morgan fingerprint density at radius 3 is 1.79 bits per heavy atom. The van der Waals surface area contributed by atoms with Crippen LogP contribution in [0, 0.1) is 11.8 Å². The Morgan fingerprint density at radius 2 is 1.04 bits per heavy atom. The highest BCUT2D eigenvalue weighted by atomic mass is 14.8. The predicted octanol–water partition coefficient (Wildman–Crippen LogP) is 13.7. The van der Waals surface area contributed by atoms with E-state index >= 15 is 0 Å². The van der Waals surface area contributed by atoms with Gasteiger partial charge in [-0.1, -0.05) is 184 Å². The molecule has 8 aromatic carbocycles. The molecule has 0 radical (unpaired) electrons. The Hall–Kier alpha value is -6.57. The second-order valence-corrected chi connectivity index (χ2v) is 16.2. The van der Waals surface area contributed by atoms with E-state index in [-0.39, 0.29) is 17.9 Å². The molecular weight excluding hydrogens is 675 g/mol. The van der Waals surface area contributed by atoms with Gasteiger partial charge >= 0.3 is 0 Å². The van der Waals surface area contributed by atoms with E-state index in [1.54, 1.807) is 0 Å². The fourth-order valence-electron chi connectivity index (χ4n) is 11.0. The highest BCUT2D eigenvalue weighted by Gasteiger charge is 2.53. The summed E-state index contributed by atoms with van der Waals surface area (Å²) in [5.41, 5.74) is 21.8. The van der Waals surface area contributed by atoms with Crippen molar-refractivity contribution in [2.24, 2.45) is 16.8 Å². The molecule has 1 heterocycles. The van der Waals surface area contributed by atoms with E-state index in [1.165, 1.54) is 94.2 Å². The van der Waals surface area contributed by atoms with Gasteiger partial charge in [-0.15, -0.1) is 0 Å². The fourth-order valence-corrected chi connectivity index (χ4v) is 11.0. The second-order valence-electron chi connectivity index (χ2n) is 16.2. The third-order valence-electron chi connectivity index (χ3n) is 13.6. The molecule has 264 valence electrons. The summed E-state index contributed by atoms with van der Waals surface area (Å²) in [7, 11) is 0. The van der Waals surface area contributed by atoms with E-state index in [1.807, 2.05) is 0 Å². The van der Waals surface area contributed by atoms with Crippen LogP contribution in [0.5, 0.6) is 0 Å².